The number of nitrogens with zero attached hydrogens (tertiary/aromatic N) is 2. The smallest absolute Gasteiger partial charge is 0.248 e. The predicted octanol–water partition coefficient (Wildman–Crippen LogP) is 1.90. The molecule has 6 nitrogen and oxygen atoms in total. The highest BCUT2D eigenvalue weighted by Crippen LogP contribution is 2.31. The molecule has 2 N–H and O–H groups in total. The Bertz CT molecular complexity index is 427. The summed E-state index contributed by atoms with van der Waals surface area (Å²) >= 11 is 0. The van der Waals surface area contributed by atoms with Crippen molar-refractivity contribution in [1.29, 1.82) is 0 Å². The molecule has 0 radical (unpaired) electrons. The van der Waals surface area contributed by atoms with Gasteiger partial charge in [0.05, 0.1) is 0 Å². The molecule has 20 heavy (non-hydrogen) atoms. The Hall–Kier alpha value is -1.43. The van der Waals surface area contributed by atoms with Gasteiger partial charge in [-0.1, -0.05) is 24.4 Å². The summed E-state index contributed by atoms with van der Waals surface area (Å²) in [6.45, 7) is 2.53. The molecule has 1 aliphatic rings. The first-order valence-corrected chi connectivity index (χ1v) is 7.48. The van der Waals surface area contributed by atoms with Crippen molar-refractivity contribution in [2.24, 2.45) is 0 Å². The average Bonchev–Trinajstić information content (AvgIpc) is 2.96. The van der Waals surface area contributed by atoms with E-state index in [-0.39, 0.29) is 11.9 Å². The fourth-order valence-electron chi connectivity index (χ4n) is 2.56. The van der Waals surface area contributed by atoms with Crippen LogP contribution in [0.5, 0.6) is 0 Å². The number of nitrogens with one attached hydrogen (secondary N) is 2. The van der Waals surface area contributed by atoms with E-state index in [1.165, 1.54) is 19.3 Å². The van der Waals surface area contributed by atoms with Gasteiger partial charge in [0.15, 0.2) is 5.82 Å². The van der Waals surface area contributed by atoms with Gasteiger partial charge < -0.3 is 15.2 Å². The predicted molar refractivity (Wildman–Crippen MR) is 75.2 cm³/mol. The second-order valence-electron chi connectivity index (χ2n) is 5.47. The quantitative estimate of drug-likeness (QED) is 0.832. The van der Waals surface area contributed by atoms with Gasteiger partial charge in [0.25, 0.3) is 0 Å². The van der Waals surface area contributed by atoms with Crippen LogP contribution in [0.15, 0.2) is 4.52 Å². The molecule has 1 amide bonds. The first-order valence-electron chi connectivity index (χ1n) is 7.48. The summed E-state index contributed by atoms with van der Waals surface area (Å²) in [5.41, 5.74) is 0. The number of amides is 1. The van der Waals surface area contributed by atoms with E-state index in [1.807, 2.05) is 14.0 Å². The number of hydrogen-bond donors (Lipinski definition) is 2. The van der Waals surface area contributed by atoms with E-state index >= 15 is 0 Å². The van der Waals surface area contributed by atoms with Crippen molar-refractivity contribution in [1.82, 2.24) is 20.8 Å². The topological polar surface area (TPSA) is 80.0 Å². The molecule has 1 aromatic rings. The van der Waals surface area contributed by atoms with E-state index in [1.54, 1.807) is 0 Å². The second kappa shape index (κ2) is 7.38. The molecule has 1 fully saturated rings. The van der Waals surface area contributed by atoms with Crippen LogP contribution in [0.1, 0.15) is 69.1 Å². The van der Waals surface area contributed by atoms with E-state index < -0.39 is 0 Å². The number of rotatable bonds is 6. The third-order valence-corrected chi connectivity index (χ3v) is 3.78. The van der Waals surface area contributed by atoms with Crippen molar-refractivity contribution in [2.45, 2.75) is 57.4 Å². The molecule has 1 unspecified atom stereocenters. The minimum Gasteiger partial charge on any atom is -0.345 e. The van der Waals surface area contributed by atoms with Gasteiger partial charge in [-0.25, -0.2) is 0 Å². The zero-order chi connectivity index (χ0) is 14.4. The fourth-order valence-corrected chi connectivity index (χ4v) is 2.56. The van der Waals surface area contributed by atoms with Crippen molar-refractivity contribution in [2.75, 3.05) is 13.6 Å². The molecule has 0 saturated heterocycles. The largest absolute Gasteiger partial charge is 0.345 e. The van der Waals surface area contributed by atoms with Crippen LogP contribution >= 0.6 is 0 Å². The first kappa shape index (κ1) is 15.0. The van der Waals surface area contributed by atoms with Crippen molar-refractivity contribution < 1.29 is 9.32 Å². The minimum absolute atomic E-state index is 0.00994. The molecule has 112 valence electrons. The number of carbonyl (C=O) groups excluding carboxylic acids is 1. The summed E-state index contributed by atoms with van der Waals surface area (Å²) < 4.78 is 5.29. The highest BCUT2D eigenvalue weighted by atomic mass is 16.5. The molecule has 1 aliphatic carbocycles. The lowest BCUT2D eigenvalue weighted by molar-refractivity contribution is -0.121. The second-order valence-corrected chi connectivity index (χ2v) is 5.47. The molecule has 2 rings (SSSR count). The van der Waals surface area contributed by atoms with Crippen LogP contribution in [-0.2, 0) is 4.79 Å². The third kappa shape index (κ3) is 4.03. The van der Waals surface area contributed by atoms with Gasteiger partial charge in [-0.05, 0) is 26.8 Å². The lowest BCUT2D eigenvalue weighted by Gasteiger charge is -2.17. The van der Waals surface area contributed by atoms with E-state index in [2.05, 4.69) is 20.8 Å². The van der Waals surface area contributed by atoms with Crippen molar-refractivity contribution in [3.63, 3.8) is 0 Å². The Morgan fingerprint density at radius 3 is 2.85 bits per heavy atom. The lowest BCUT2D eigenvalue weighted by Crippen LogP contribution is -2.29. The molecule has 1 heterocycles. The monoisotopic (exact) mass is 280 g/mol. The van der Waals surface area contributed by atoms with Gasteiger partial charge in [-0.3, -0.25) is 4.79 Å². The molecule has 1 saturated carbocycles. The molecular weight excluding hydrogens is 256 g/mol. The van der Waals surface area contributed by atoms with Gasteiger partial charge >= 0.3 is 0 Å². The Morgan fingerprint density at radius 1 is 1.40 bits per heavy atom. The molecular formula is C14H24N4O2. The van der Waals surface area contributed by atoms with Crippen LogP contribution in [0, 0.1) is 0 Å². The van der Waals surface area contributed by atoms with Crippen LogP contribution in [0.4, 0.5) is 0 Å². The number of carbonyl (C=O) groups is 1. The maximum Gasteiger partial charge on any atom is 0.248 e. The van der Waals surface area contributed by atoms with Crippen molar-refractivity contribution >= 4 is 5.91 Å². The minimum atomic E-state index is -0.232. The highest BCUT2D eigenvalue weighted by Gasteiger charge is 2.23. The van der Waals surface area contributed by atoms with Gasteiger partial charge in [-0.15, -0.1) is 0 Å². The highest BCUT2D eigenvalue weighted by molar-refractivity contribution is 5.76. The van der Waals surface area contributed by atoms with Crippen LogP contribution in [0.25, 0.3) is 0 Å². The van der Waals surface area contributed by atoms with Crippen LogP contribution < -0.4 is 10.6 Å². The van der Waals surface area contributed by atoms with Gasteiger partial charge in [0.1, 0.15) is 6.04 Å². The Balaban J connectivity index is 1.88. The molecule has 0 aliphatic heterocycles. The van der Waals surface area contributed by atoms with Crippen molar-refractivity contribution in [3.05, 3.63) is 11.7 Å². The molecule has 0 spiro atoms. The van der Waals surface area contributed by atoms with Crippen molar-refractivity contribution in [3.8, 4) is 0 Å². The zero-order valence-corrected chi connectivity index (χ0v) is 12.3. The standard InChI is InChI=1S/C14H24N4O2/c1-10(16-12(19)8-9-15-2)14-17-13(18-20-14)11-6-4-3-5-7-11/h10-11,15H,3-9H2,1-2H3,(H,16,19). The van der Waals surface area contributed by atoms with Gasteiger partial charge in [0, 0.05) is 18.9 Å². The van der Waals surface area contributed by atoms with Crippen LogP contribution in [-0.4, -0.2) is 29.6 Å². The van der Waals surface area contributed by atoms with Crippen LogP contribution in [0.2, 0.25) is 0 Å². The lowest BCUT2D eigenvalue weighted by atomic mass is 9.89. The Kier molecular flexibility index (Phi) is 5.52. The zero-order valence-electron chi connectivity index (χ0n) is 12.3. The summed E-state index contributed by atoms with van der Waals surface area (Å²) in [5, 5.41) is 9.90. The molecule has 0 aromatic carbocycles. The fraction of sp³-hybridized carbons (Fsp3) is 0.786. The van der Waals surface area contributed by atoms with E-state index in [0.29, 0.717) is 24.8 Å². The summed E-state index contributed by atoms with van der Waals surface area (Å²) in [6, 6.07) is -0.232. The first-order chi connectivity index (χ1) is 9.70. The molecule has 1 atom stereocenters. The number of aromatic nitrogens is 2. The molecule has 1 aromatic heterocycles. The SMILES string of the molecule is CNCCC(=O)NC(C)c1nc(C2CCCCC2)no1. The Labute approximate surface area is 119 Å². The van der Waals surface area contributed by atoms with Crippen LogP contribution in [0.3, 0.4) is 0 Å². The summed E-state index contributed by atoms with van der Waals surface area (Å²) in [6.07, 6.45) is 6.52. The summed E-state index contributed by atoms with van der Waals surface area (Å²) in [4.78, 5) is 16.1. The third-order valence-electron chi connectivity index (χ3n) is 3.78. The van der Waals surface area contributed by atoms with Gasteiger partial charge in [-0.2, -0.15) is 4.98 Å². The van der Waals surface area contributed by atoms with E-state index in [0.717, 1.165) is 18.7 Å². The average molecular weight is 280 g/mol. The number of hydrogen-bond acceptors (Lipinski definition) is 5. The molecule has 0 bridgehead atoms. The van der Waals surface area contributed by atoms with Gasteiger partial charge in [0.2, 0.25) is 11.8 Å². The normalized spacial score (nSPS) is 17.9. The van der Waals surface area contributed by atoms with E-state index in [4.69, 9.17) is 4.52 Å². The summed E-state index contributed by atoms with van der Waals surface area (Å²) in [5.74, 6) is 1.72. The Morgan fingerprint density at radius 2 is 2.15 bits per heavy atom. The summed E-state index contributed by atoms with van der Waals surface area (Å²) in [7, 11) is 1.82. The maximum absolute atomic E-state index is 11.7. The maximum atomic E-state index is 11.7. The molecule has 6 heteroatoms. The van der Waals surface area contributed by atoms with E-state index in [9.17, 15) is 4.79 Å².